The molecule has 1 aliphatic heterocycles. The molecule has 0 aliphatic carbocycles. The van der Waals surface area contributed by atoms with E-state index in [-0.39, 0.29) is 0 Å². The van der Waals surface area contributed by atoms with Gasteiger partial charge in [0.15, 0.2) is 0 Å². The topological polar surface area (TPSA) is 32.3 Å². The Morgan fingerprint density at radius 2 is 1.05 bits per heavy atom. The van der Waals surface area contributed by atoms with Gasteiger partial charge in [-0.2, -0.15) is 6.67 Å². The Hall–Kier alpha value is -1.83. The van der Waals surface area contributed by atoms with Crippen molar-refractivity contribution in [1.29, 1.82) is 0 Å². The minimum atomic E-state index is -1.50. The summed E-state index contributed by atoms with van der Waals surface area (Å²) in [7, 11) is 10.7. The minimum absolute atomic E-state index is 1.15. The SMILES string of the molecule is C=C[CH]=[Ru]([Cl])[Cl].CSN1[CH-]N(SC)CC1.c1ccc(-c2ccncc2)cc1.c1ccc(-c2ccncc2)cc1. The van der Waals surface area contributed by atoms with Crippen LogP contribution in [0.4, 0.5) is 0 Å². The van der Waals surface area contributed by atoms with Gasteiger partial charge in [0, 0.05) is 24.8 Å². The number of hydrogen-bond acceptors (Lipinski definition) is 6. The summed E-state index contributed by atoms with van der Waals surface area (Å²) in [4.78, 5) is 7.94. The Bertz CT molecular complexity index is 1040. The molecule has 0 spiro atoms. The molecular formula is C30H33Cl2N4RuS2-. The zero-order valence-corrected chi connectivity index (χ0v) is 26.8. The number of pyridine rings is 2. The van der Waals surface area contributed by atoms with Crippen molar-refractivity contribution in [3.63, 3.8) is 0 Å². The summed E-state index contributed by atoms with van der Waals surface area (Å²) in [6, 6.07) is 28.6. The summed E-state index contributed by atoms with van der Waals surface area (Å²) >= 11 is 2.05. The van der Waals surface area contributed by atoms with Crippen LogP contribution >= 0.6 is 43.3 Å². The Kier molecular flexibility index (Phi) is 18.0. The van der Waals surface area contributed by atoms with Crippen LogP contribution in [0.3, 0.4) is 0 Å². The molecule has 9 heteroatoms. The molecule has 4 nitrogen and oxygen atoms in total. The summed E-state index contributed by atoms with van der Waals surface area (Å²) in [5.41, 5.74) is 4.90. The summed E-state index contributed by atoms with van der Waals surface area (Å²) in [6.07, 6.45) is 13.1. The van der Waals surface area contributed by atoms with E-state index in [4.69, 9.17) is 19.4 Å². The molecule has 208 valence electrons. The number of allylic oxidation sites excluding steroid dienone is 1. The second-order valence-electron chi connectivity index (χ2n) is 7.52. The van der Waals surface area contributed by atoms with Gasteiger partial charge >= 0.3 is 50.2 Å². The molecule has 1 saturated heterocycles. The Balaban J connectivity index is 0.000000189. The first kappa shape index (κ1) is 33.4. The molecule has 0 bridgehead atoms. The van der Waals surface area contributed by atoms with Crippen molar-refractivity contribution in [3.8, 4) is 22.3 Å². The molecule has 3 heterocycles. The maximum atomic E-state index is 5.36. The van der Waals surface area contributed by atoms with E-state index in [1.54, 1.807) is 34.6 Å². The molecule has 5 rings (SSSR count). The number of rotatable bonds is 5. The van der Waals surface area contributed by atoms with Crippen molar-refractivity contribution in [3.05, 3.63) is 129 Å². The maximum absolute atomic E-state index is 5.36. The molecule has 1 aliphatic rings. The van der Waals surface area contributed by atoms with Crippen LogP contribution in [0.25, 0.3) is 22.3 Å². The van der Waals surface area contributed by atoms with Crippen LogP contribution < -0.4 is 0 Å². The Morgan fingerprint density at radius 3 is 1.31 bits per heavy atom. The van der Waals surface area contributed by atoms with Gasteiger partial charge < -0.3 is 8.61 Å². The molecule has 1 fully saturated rings. The number of halogens is 2. The van der Waals surface area contributed by atoms with Crippen LogP contribution in [-0.4, -0.2) is 48.8 Å². The van der Waals surface area contributed by atoms with Crippen LogP contribution in [0.15, 0.2) is 122 Å². The Morgan fingerprint density at radius 1 is 0.692 bits per heavy atom. The van der Waals surface area contributed by atoms with E-state index < -0.39 is 13.5 Å². The van der Waals surface area contributed by atoms with Crippen molar-refractivity contribution in [2.24, 2.45) is 0 Å². The smallest absolute Gasteiger partial charge is 0.0273 e. The molecule has 0 atom stereocenters. The first-order valence-corrected chi connectivity index (χ1v) is 19.7. The number of hydrogen-bond donors (Lipinski definition) is 0. The molecule has 0 radical (unpaired) electrons. The van der Waals surface area contributed by atoms with Gasteiger partial charge in [0.05, 0.1) is 0 Å². The molecule has 2 aromatic carbocycles. The molecule has 0 amide bonds. The van der Waals surface area contributed by atoms with E-state index in [0.717, 1.165) is 13.1 Å². The summed E-state index contributed by atoms with van der Waals surface area (Å²) in [5, 5.41) is 0. The van der Waals surface area contributed by atoms with Crippen molar-refractivity contribution in [1.82, 2.24) is 18.6 Å². The van der Waals surface area contributed by atoms with E-state index >= 15 is 0 Å². The predicted molar refractivity (Wildman–Crippen MR) is 172 cm³/mol. The second-order valence-corrected chi connectivity index (χ2v) is 15.0. The summed E-state index contributed by atoms with van der Waals surface area (Å²) < 4.78 is 6.20. The van der Waals surface area contributed by atoms with Gasteiger partial charge in [-0.1, -0.05) is 60.7 Å². The third kappa shape index (κ3) is 14.4. The van der Waals surface area contributed by atoms with Crippen molar-refractivity contribution >= 4 is 47.9 Å². The first-order chi connectivity index (χ1) is 19.1. The number of nitrogens with zero attached hydrogens (tertiary/aromatic N) is 4. The number of benzene rings is 2. The summed E-state index contributed by atoms with van der Waals surface area (Å²) in [5.74, 6) is 0. The van der Waals surface area contributed by atoms with Gasteiger partial charge in [-0.3, -0.25) is 9.97 Å². The zero-order valence-electron chi connectivity index (χ0n) is 22.0. The second kappa shape index (κ2) is 21.0. The van der Waals surface area contributed by atoms with Gasteiger partial charge in [0.1, 0.15) is 0 Å². The average Bonchev–Trinajstić information content (AvgIpc) is 3.49. The average molecular weight is 686 g/mol. The van der Waals surface area contributed by atoms with Gasteiger partial charge in [-0.15, -0.1) is 23.9 Å². The normalized spacial score (nSPS) is 12.9. The van der Waals surface area contributed by atoms with E-state index in [2.05, 4.69) is 68.6 Å². The van der Waals surface area contributed by atoms with Crippen LogP contribution in [0.1, 0.15) is 0 Å². The van der Waals surface area contributed by atoms with Crippen LogP contribution in [-0.2, 0) is 13.5 Å². The fourth-order valence-corrected chi connectivity index (χ4v) is 5.21. The van der Waals surface area contributed by atoms with Crippen molar-refractivity contribution < 1.29 is 13.5 Å². The van der Waals surface area contributed by atoms with E-state index in [1.807, 2.05) is 85.5 Å². The molecule has 0 unspecified atom stereocenters. The van der Waals surface area contributed by atoms with Gasteiger partial charge in [0.25, 0.3) is 0 Å². The molecule has 2 aromatic heterocycles. The molecular weight excluding hydrogens is 652 g/mol. The quantitative estimate of drug-likeness (QED) is 0.119. The monoisotopic (exact) mass is 685 g/mol. The maximum Gasteiger partial charge on any atom is 0.0273 e. The van der Waals surface area contributed by atoms with Gasteiger partial charge in [-0.25, -0.2) is 0 Å². The largest absolute Gasteiger partial charge is 0.386 e. The number of aromatic nitrogens is 2. The van der Waals surface area contributed by atoms with E-state index in [1.165, 1.54) is 22.3 Å². The molecule has 39 heavy (non-hydrogen) atoms. The van der Waals surface area contributed by atoms with Crippen molar-refractivity contribution in [2.75, 3.05) is 25.6 Å². The standard InChI is InChI=1S/2C11H9N.C5H11N2S2.C3H4.2ClH.Ru/c2*1-2-4-10(5-3-1)11-6-8-12-9-7-11;1-8-6-3-4-7(5-6)9-2;1-3-2;;;/h2*1-9H;5H,3-4H2,1-2H3;1,3H,2H2;2*1H;/q;;-1;;;;+2/p-2. The third-order valence-electron chi connectivity index (χ3n) is 5.01. The first-order valence-electron chi connectivity index (χ1n) is 11.9. The Labute approximate surface area is 255 Å². The van der Waals surface area contributed by atoms with Crippen molar-refractivity contribution in [2.45, 2.75) is 0 Å². The van der Waals surface area contributed by atoms with Crippen LogP contribution in [0.5, 0.6) is 0 Å². The molecule has 0 saturated carbocycles. The van der Waals surface area contributed by atoms with Crippen LogP contribution in [0, 0.1) is 6.67 Å². The summed E-state index contributed by atoms with van der Waals surface area (Å²) in [6.45, 7) is 7.87. The van der Waals surface area contributed by atoms with Crippen LogP contribution in [0.2, 0.25) is 0 Å². The van der Waals surface area contributed by atoms with Gasteiger partial charge in [0.2, 0.25) is 0 Å². The van der Waals surface area contributed by atoms with E-state index in [0.29, 0.717) is 0 Å². The molecule has 4 aromatic rings. The fraction of sp³-hybridized carbons (Fsp3) is 0.133. The fourth-order valence-electron chi connectivity index (χ4n) is 3.15. The predicted octanol–water partition coefficient (Wildman–Crippen LogP) is 8.68. The molecule has 0 N–H and O–H groups in total. The zero-order chi connectivity index (χ0) is 28.1. The minimum Gasteiger partial charge on any atom is -0.386 e. The third-order valence-corrected chi connectivity index (χ3v) is 8.41. The van der Waals surface area contributed by atoms with E-state index in [9.17, 15) is 0 Å². The van der Waals surface area contributed by atoms with Gasteiger partial charge in [-0.05, 0) is 72.1 Å².